The lowest BCUT2D eigenvalue weighted by Gasteiger charge is -2.08. The Labute approximate surface area is 115 Å². The van der Waals surface area contributed by atoms with Gasteiger partial charge in [-0.15, -0.1) is 0 Å². The molecule has 0 aliphatic heterocycles. The summed E-state index contributed by atoms with van der Waals surface area (Å²) in [6.45, 7) is 3.33. The van der Waals surface area contributed by atoms with Crippen molar-refractivity contribution in [3.8, 4) is 6.01 Å². The molecule has 0 spiro atoms. The van der Waals surface area contributed by atoms with E-state index in [4.69, 9.17) is 4.74 Å². The van der Waals surface area contributed by atoms with Crippen LogP contribution < -0.4 is 10.1 Å². The van der Waals surface area contributed by atoms with Crippen LogP contribution in [-0.2, 0) is 0 Å². The van der Waals surface area contributed by atoms with Crippen molar-refractivity contribution >= 4 is 11.6 Å². The average molecular weight is 275 g/mol. The van der Waals surface area contributed by atoms with E-state index < -0.39 is 5.91 Å². The molecule has 1 amide bonds. The smallest absolute Gasteiger partial charge is 0.316 e. The van der Waals surface area contributed by atoms with Crippen molar-refractivity contribution in [1.29, 1.82) is 0 Å². The van der Waals surface area contributed by atoms with Crippen molar-refractivity contribution in [2.45, 2.75) is 13.8 Å². The van der Waals surface area contributed by atoms with Crippen LogP contribution in [0, 0.1) is 19.7 Å². The Bertz CT molecular complexity index is 659. The van der Waals surface area contributed by atoms with Crippen LogP contribution in [0.2, 0.25) is 0 Å². The molecule has 1 aromatic heterocycles. The number of nitrogens with one attached hydrogen (secondary N) is 1. The number of halogens is 1. The van der Waals surface area contributed by atoms with Gasteiger partial charge in [-0.1, -0.05) is 6.07 Å². The zero-order chi connectivity index (χ0) is 14.7. The minimum Gasteiger partial charge on any atom is -0.467 e. The Balaban J connectivity index is 2.21. The van der Waals surface area contributed by atoms with Crippen LogP contribution in [0.25, 0.3) is 0 Å². The highest BCUT2D eigenvalue weighted by Crippen LogP contribution is 2.16. The topological polar surface area (TPSA) is 64.1 Å². The second-order valence-corrected chi connectivity index (χ2v) is 4.27. The lowest BCUT2D eigenvalue weighted by Crippen LogP contribution is -2.15. The molecule has 2 aromatic rings. The monoisotopic (exact) mass is 275 g/mol. The molecule has 0 aliphatic rings. The highest BCUT2D eigenvalue weighted by Gasteiger charge is 2.12. The summed E-state index contributed by atoms with van der Waals surface area (Å²) in [6.07, 6.45) is 1.38. The fourth-order valence-electron chi connectivity index (χ4n) is 1.64. The number of aromatic nitrogens is 2. The molecule has 5 nitrogen and oxygen atoms in total. The van der Waals surface area contributed by atoms with Gasteiger partial charge in [0.1, 0.15) is 5.82 Å². The van der Waals surface area contributed by atoms with E-state index in [2.05, 4.69) is 15.3 Å². The molecule has 0 atom stereocenters. The van der Waals surface area contributed by atoms with Crippen molar-refractivity contribution in [2.24, 2.45) is 0 Å². The van der Waals surface area contributed by atoms with Crippen LogP contribution in [-0.4, -0.2) is 23.0 Å². The van der Waals surface area contributed by atoms with Crippen molar-refractivity contribution < 1.29 is 13.9 Å². The average Bonchev–Trinajstić information content (AvgIpc) is 2.42. The summed E-state index contributed by atoms with van der Waals surface area (Å²) in [5, 5.41) is 2.60. The fraction of sp³-hybridized carbons (Fsp3) is 0.214. The van der Waals surface area contributed by atoms with E-state index >= 15 is 0 Å². The number of methoxy groups -OCH3 is 1. The van der Waals surface area contributed by atoms with Gasteiger partial charge in [0.25, 0.3) is 5.91 Å². The van der Waals surface area contributed by atoms with Gasteiger partial charge < -0.3 is 10.1 Å². The number of amides is 1. The van der Waals surface area contributed by atoms with Gasteiger partial charge in [0.2, 0.25) is 0 Å². The molecule has 0 fully saturated rings. The summed E-state index contributed by atoms with van der Waals surface area (Å²) in [5.41, 5.74) is 1.70. The molecule has 1 N–H and O–H groups in total. The van der Waals surface area contributed by atoms with E-state index in [1.54, 1.807) is 26.0 Å². The zero-order valence-electron chi connectivity index (χ0n) is 11.4. The largest absolute Gasteiger partial charge is 0.467 e. The molecular weight excluding hydrogens is 261 g/mol. The summed E-state index contributed by atoms with van der Waals surface area (Å²) in [7, 11) is 1.45. The first-order chi connectivity index (χ1) is 9.51. The summed E-state index contributed by atoms with van der Waals surface area (Å²) in [5.74, 6) is -0.765. The minimum absolute atomic E-state index is 0.195. The van der Waals surface area contributed by atoms with Crippen molar-refractivity contribution in [3.63, 3.8) is 0 Å². The van der Waals surface area contributed by atoms with Gasteiger partial charge in [0.05, 0.1) is 18.4 Å². The minimum atomic E-state index is -0.395. The number of nitrogens with zero attached hydrogens (tertiary/aromatic N) is 2. The Kier molecular flexibility index (Phi) is 3.93. The van der Waals surface area contributed by atoms with Crippen LogP contribution >= 0.6 is 0 Å². The third-order valence-electron chi connectivity index (χ3n) is 2.81. The van der Waals surface area contributed by atoms with Gasteiger partial charge in [-0.3, -0.25) is 4.79 Å². The number of carbonyl (C=O) groups excluding carboxylic acids is 1. The number of benzene rings is 1. The first-order valence-electron chi connectivity index (χ1n) is 5.96. The molecule has 1 heterocycles. The van der Waals surface area contributed by atoms with E-state index in [0.29, 0.717) is 22.5 Å². The van der Waals surface area contributed by atoms with Gasteiger partial charge in [-0.05, 0) is 31.5 Å². The molecule has 0 saturated heterocycles. The van der Waals surface area contributed by atoms with E-state index in [1.807, 2.05) is 0 Å². The SMILES string of the molecule is COc1ncc(C(=O)Nc2ccc(C)c(F)c2)c(C)n1. The van der Waals surface area contributed by atoms with Gasteiger partial charge in [0.15, 0.2) is 0 Å². The molecule has 104 valence electrons. The lowest BCUT2D eigenvalue weighted by molar-refractivity contribution is 0.102. The fourth-order valence-corrected chi connectivity index (χ4v) is 1.64. The number of aryl methyl sites for hydroxylation is 2. The molecule has 0 radical (unpaired) electrons. The number of anilines is 1. The highest BCUT2D eigenvalue weighted by atomic mass is 19.1. The number of rotatable bonds is 3. The van der Waals surface area contributed by atoms with Gasteiger partial charge in [0, 0.05) is 11.9 Å². The Morgan fingerprint density at radius 1 is 1.35 bits per heavy atom. The van der Waals surface area contributed by atoms with Crippen LogP contribution in [0.1, 0.15) is 21.6 Å². The first kappa shape index (κ1) is 13.9. The maximum Gasteiger partial charge on any atom is 0.316 e. The standard InChI is InChI=1S/C14H14FN3O2/c1-8-4-5-10(6-12(8)15)18-13(19)11-7-16-14(20-3)17-9(11)2/h4-7H,1-3H3,(H,18,19). The molecule has 1 aromatic carbocycles. The Morgan fingerprint density at radius 3 is 2.70 bits per heavy atom. The number of hydrogen-bond acceptors (Lipinski definition) is 4. The molecule has 6 heteroatoms. The molecule has 0 unspecified atom stereocenters. The predicted molar refractivity (Wildman–Crippen MR) is 72.4 cm³/mol. The molecular formula is C14H14FN3O2. The summed E-state index contributed by atoms with van der Waals surface area (Å²) >= 11 is 0. The van der Waals surface area contributed by atoms with E-state index in [0.717, 1.165) is 0 Å². The lowest BCUT2D eigenvalue weighted by atomic mass is 10.2. The van der Waals surface area contributed by atoms with Crippen molar-refractivity contribution in [3.05, 3.63) is 47.0 Å². The summed E-state index contributed by atoms with van der Waals surface area (Å²) < 4.78 is 18.3. The van der Waals surface area contributed by atoms with Gasteiger partial charge in [-0.2, -0.15) is 4.98 Å². The van der Waals surface area contributed by atoms with Crippen molar-refractivity contribution in [1.82, 2.24) is 9.97 Å². The van der Waals surface area contributed by atoms with E-state index in [-0.39, 0.29) is 11.8 Å². The van der Waals surface area contributed by atoms with Crippen LogP contribution in [0.5, 0.6) is 6.01 Å². The van der Waals surface area contributed by atoms with Gasteiger partial charge in [-0.25, -0.2) is 9.37 Å². The normalized spacial score (nSPS) is 10.2. The maximum absolute atomic E-state index is 13.4. The second kappa shape index (κ2) is 5.64. The number of hydrogen-bond donors (Lipinski definition) is 1. The van der Waals surface area contributed by atoms with E-state index in [1.165, 1.54) is 19.4 Å². The predicted octanol–water partition coefficient (Wildman–Crippen LogP) is 2.49. The maximum atomic E-state index is 13.4. The zero-order valence-corrected chi connectivity index (χ0v) is 11.4. The Hall–Kier alpha value is -2.50. The van der Waals surface area contributed by atoms with E-state index in [9.17, 15) is 9.18 Å². The number of carbonyl (C=O) groups is 1. The molecule has 0 bridgehead atoms. The summed E-state index contributed by atoms with van der Waals surface area (Å²) in [4.78, 5) is 20.0. The summed E-state index contributed by atoms with van der Waals surface area (Å²) in [6, 6.07) is 4.70. The third kappa shape index (κ3) is 2.90. The van der Waals surface area contributed by atoms with Crippen molar-refractivity contribution in [2.75, 3.05) is 12.4 Å². The van der Waals surface area contributed by atoms with Gasteiger partial charge >= 0.3 is 6.01 Å². The van der Waals surface area contributed by atoms with Crippen LogP contribution in [0.4, 0.5) is 10.1 Å². The highest BCUT2D eigenvalue weighted by molar-refractivity contribution is 6.04. The third-order valence-corrected chi connectivity index (χ3v) is 2.81. The van der Waals surface area contributed by atoms with Crippen LogP contribution in [0.3, 0.4) is 0 Å². The first-order valence-corrected chi connectivity index (χ1v) is 5.96. The second-order valence-electron chi connectivity index (χ2n) is 4.27. The molecule has 20 heavy (non-hydrogen) atoms. The quantitative estimate of drug-likeness (QED) is 0.934. The molecule has 0 aliphatic carbocycles. The Morgan fingerprint density at radius 2 is 2.10 bits per heavy atom. The molecule has 0 saturated carbocycles. The van der Waals surface area contributed by atoms with Crippen LogP contribution in [0.15, 0.2) is 24.4 Å². The number of ether oxygens (including phenoxy) is 1. The molecule has 2 rings (SSSR count).